The lowest BCUT2D eigenvalue weighted by Gasteiger charge is -2.20. The average Bonchev–Trinajstić information content (AvgIpc) is 2.92. The molecule has 1 unspecified atom stereocenters. The first-order valence-corrected chi connectivity index (χ1v) is 6.76. The third kappa shape index (κ3) is 3.47. The highest BCUT2D eigenvalue weighted by atomic mass is 19.1. The van der Waals surface area contributed by atoms with Crippen LogP contribution in [0.3, 0.4) is 0 Å². The molecular formula is C15H19FN2O2. The standard InChI is InChI=1S/C15H19FN2O2/c1-19-7-8-20-11-12-5-6-18(10-12)15-4-2-3-14(16)13(15)9-17/h2-4,12H,5-8,10-11H2,1H3. The molecule has 1 fully saturated rings. The fourth-order valence-corrected chi connectivity index (χ4v) is 2.47. The van der Waals surface area contributed by atoms with Gasteiger partial charge in [-0.25, -0.2) is 4.39 Å². The van der Waals surface area contributed by atoms with Crippen molar-refractivity contribution in [2.75, 3.05) is 44.9 Å². The second kappa shape index (κ2) is 7.22. The quantitative estimate of drug-likeness (QED) is 0.748. The Morgan fingerprint density at radius 1 is 1.45 bits per heavy atom. The third-order valence-corrected chi connectivity index (χ3v) is 3.52. The number of nitrogens with zero attached hydrogens (tertiary/aromatic N) is 2. The summed E-state index contributed by atoms with van der Waals surface area (Å²) < 4.78 is 24.1. The highest BCUT2D eigenvalue weighted by Gasteiger charge is 2.25. The van der Waals surface area contributed by atoms with Crippen LogP contribution in [0.2, 0.25) is 0 Å². The number of ether oxygens (including phenoxy) is 2. The Morgan fingerprint density at radius 3 is 3.05 bits per heavy atom. The highest BCUT2D eigenvalue weighted by molar-refractivity contribution is 5.60. The monoisotopic (exact) mass is 278 g/mol. The second-order valence-corrected chi connectivity index (χ2v) is 4.91. The summed E-state index contributed by atoms with van der Waals surface area (Å²) in [5.41, 5.74) is 0.820. The van der Waals surface area contributed by atoms with Crippen LogP contribution in [0.25, 0.3) is 0 Å². The Labute approximate surface area is 118 Å². The number of halogens is 1. The average molecular weight is 278 g/mol. The zero-order chi connectivity index (χ0) is 14.4. The molecule has 1 aromatic rings. The van der Waals surface area contributed by atoms with E-state index in [1.54, 1.807) is 19.2 Å². The van der Waals surface area contributed by atoms with Crippen LogP contribution in [0, 0.1) is 23.1 Å². The van der Waals surface area contributed by atoms with Gasteiger partial charge in [-0.1, -0.05) is 6.07 Å². The van der Waals surface area contributed by atoms with Crippen molar-refractivity contribution >= 4 is 5.69 Å². The molecule has 108 valence electrons. The van der Waals surface area contributed by atoms with Crippen molar-refractivity contribution in [2.24, 2.45) is 5.92 Å². The van der Waals surface area contributed by atoms with Crippen molar-refractivity contribution in [1.82, 2.24) is 0 Å². The van der Waals surface area contributed by atoms with E-state index in [9.17, 15) is 4.39 Å². The normalized spacial score (nSPS) is 18.2. The SMILES string of the molecule is COCCOCC1CCN(c2cccc(F)c2C#N)C1. The van der Waals surface area contributed by atoms with E-state index in [1.165, 1.54) is 6.07 Å². The fourth-order valence-electron chi connectivity index (χ4n) is 2.47. The molecule has 0 saturated carbocycles. The number of hydrogen-bond acceptors (Lipinski definition) is 4. The van der Waals surface area contributed by atoms with Crippen LogP contribution in [0.1, 0.15) is 12.0 Å². The van der Waals surface area contributed by atoms with Gasteiger partial charge in [0, 0.05) is 26.1 Å². The minimum atomic E-state index is -0.454. The first-order valence-electron chi connectivity index (χ1n) is 6.76. The van der Waals surface area contributed by atoms with Gasteiger partial charge in [0.2, 0.25) is 0 Å². The first kappa shape index (κ1) is 14.8. The zero-order valence-electron chi connectivity index (χ0n) is 11.6. The van der Waals surface area contributed by atoms with Crippen LogP contribution in [0.15, 0.2) is 18.2 Å². The molecule has 0 amide bonds. The predicted octanol–water partition coefficient (Wildman–Crippen LogP) is 2.19. The number of methoxy groups -OCH3 is 1. The molecule has 1 aliphatic rings. The van der Waals surface area contributed by atoms with E-state index in [1.807, 2.05) is 6.07 Å². The summed E-state index contributed by atoms with van der Waals surface area (Å²) in [7, 11) is 1.65. The molecule has 20 heavy (non-hydrogen) atoms. The van der Waals surface area contributed by atoms with Gasteiger partial charge in [0.15, 0.2) is 0 Å². The molecule has 1 atom stereocenters. The largest absolute Gasteiger partial charge is 0.382 e. The van der Waals surface area contributed by atoms with E-state index in [4.69, 9.17) is 14.7 Å². The van der Waals surface area contributed by atoms with E-state index < -0.39 is 5.82 Å². The van der Waals surface area contributed by atoms with Gasteiger partial charge >= 0.3 is 0 Å². The molecule has 2 rings (SSSR count). The topological polar surface area (TPSA) is 45.5 Å². The molecule has 0 N–H and O–H groups in total. The molecular weight excluding hydrogens is 259 g/mol. The van der Waals surface area contributed by atoms with Gasteiger partial charge in [-0.05, 0) is 18.6 Å². The van der Waals surface area contributed by atoms with Gasteiger partial charge in [0.05, 0.1) is 25.5 Å². The molecule has 4 nitrogen and oxygen atoms in total. The Bertz CT molecular complexity index is 487. The molecule has 1 aromatic carbocycles. The lowest BCUT2D eigenvalue weighted by atomic mass is 10.1. The summed E-state index contributed by atoms with van der Waals surface area (Å²) in [6.45, 7) is 3.49. The summed E-state index contributed by atoms with van der Waals surface area (Å²) in [6, 6.07) is 6.72. The molecule has 0 bridgehead atoms. The van der Waals surface area contributed by atoms with E-state index in [0.29, 0.717) is 31.4 Å². The van der Waals surface area contributed by atoms with Gasteiger partial charge in [-0.15, -0.1) is 0 Å². The van der Waals surface area contributed by atoms with Crippen molar-refractivity contribution in [1.29, 1.82) is 5.26 Å². The molecule has 1 aliphatic heterocycles. The maximum atomic E-state index is 13.6. The Hall–Kier alpha value is -1.64. The van der Waals surface area contributed by atoms with Crippen LogP contribution in [-0.4, -0.2) is 40.0 Å². The zero-order valence-corrected chi connectivity index (χ0v) is 11.6. The van der Waals surface area contributed by atoms with E-state index >= 15 is 0 Å². The number of benzene rings is 1. The summed E-state index contributed by atoms with van der Waals surface area (Å²) in [5.74, 6) is -0.0357. The van der Waals surface area contributed by atoms with Gasteiger partial charge < -0.3 is 14.4 Å². The Kier molecular flexibility index (Phi) is 5.33. The number of anilines is 1. The number of rotatable bonds is 6. The van der Waals surface area contributed by atoms with Crippen LogP contribution >= 0.6 is 0 Å². The lowest BCUT2D eigenvalue weighted by molar-refractivity contribution is 0.0549. The molecule has 1 saturated heterocycles. The van der Waals surface area contributed by atoms with Crippen LogP contribution in [0.5, 0.6) is 0 Å². The highest BCUT2D eigenvalue weighted by Crippen LogP contribution is 2.28. The van der Waals surface area contributed by atoms with Gasteiger partial charge in [0.1, 0.15) is 17.4 Å². The third-order valence-electron chi connectivity index (χ3n) is 3.52. The van der Waals surface area contributed by atoms with Crippen LogP contribution in [-0.2, 0) is 9.47 Å². The Balaban J connectivity index is 1.93. The molecule has 1 heterocycles. The Morgan fingerprint density at radius 2 is 2.30 bits per heavy atom. The molecule has 0 radical (unpaired) electrons. The summed E-state index contributed by atoms with van der Waals surface area (Å²) in [6.07, 6.45) is 0.994. The van der Waals surface area contributed by atoms with Crippen molar-refractivity contribution in [3.8, 4) is 6.07 Å². The molecule has 5 heteroatoms. The van der Waals surface area contributed by atoms with E-state index in [-0.39, 0.29) is 5.56 Å². The second-order valence-electron chi connectivity index (χ2n) is 4.91. The predicted molar refractivity (Wildman–Crippen MR) is 74.1 cm³/mol. The van der Waals surface area contributed by atoms with Gasteiger partial charge in [0.25, 0.3) is 0 Å². The van der Waals surface area contributed by atoms with E-state index in [2.05, 4.69) is 4.90 Å². The first-order chi connectivity index (χ1) is 9.76. The molecule has 0 aliphatic carbocycles. The molecule has 0 aromatic heterocycles. The van der Waals surface area contributed by atoms with Crippen molar-refractivity contribution in [2.45, 2.75) is 6.42 Å². The minimum Gasteiger partial charge on any atom is -0.382 e. The number of nitriles is 1. The maximum absolute atomic E-state index is 13.6. The van der Waals surface area contributed by atoms with E-state index in [0.717, 1.165) is 19.5 Å². The van der Waals surface area contributed by atoms with Crippen LogP contribution in [0.4, 0.5) is 10.1 Å². The smallest absolute Gasteiger partial charge is 0.143 e. The molecule has 0 spiro atoms. The summed E-state index contributed by atoms with van der Waals surface area (Å²) in [4.78, 5) is 2.06. The summed E-state index contributed by atoms with van der Waals surface area (Å²) in [5, 5.41) is 9.07. The van der Waals surface area contributed by atoms with Crippen molar-refractivity contribution < 1.29 is 13.9 Å². The fraction of sp³-hybridized carbons (Fsp3) is 0.533. The van der Waals surface area contributed by atoms with Crippen molar-refractivity contribution in [3.63, 3.8) is 0 Å². The minimum absolute atomic E-state index is 0.133. The van der Waals surface area contributed by atoms with Crippen LogP contribution < -0.4 is 4.90 Å². The summed E-state index contributed by atoms with van der Waals surface area (Å²) >= 11 is 0. The van der Waals surface area contributed by atoms with Gasteiger partial charge in [-0.2, -0.15) is 5.26 Å². The maximum Gasteiger partial charge on any atom is 0.143 e. The number of hydrogen-bond donors (Lipinski definition) is 0. The van der Waals surface area contributed by atoms with Crippen molar-refractivity contribution in [3.05, 3.63) is 29.6 Å². The lowest BCUT2D eigenvalue weighted by Crippen LogP contribution is -2.22. The van der Waals surface area contributed by atoms with Gasteiger partial charge in [-0.3, -0.25) is 0 Å².